The molecule has 2 aromatic carbocycles. The fourth-order valence-electron chi connectivity index (χ4n) is 2.35. The summed E-state index contributed by atoms with van der Waals surface area (Å²) in [6.45, 7) is 3.48. The first-order valence-corrected chi connectivity index (χ1v) is 6.83. The number of aryl methyl sites for hydroxylation is 1. The minimum Gasteiger partial charge on any atom is -0.398 e. The van der Waals surface area contributed by atoms with Crippen LogP contribution >= 0.6 is 0 Å². The standard InChI is InChI=1S/C17H22N2O/c1-13-7-3-4-8-14(13)11-19(2)12-17(20)15-9-5-6-10-16(15)18/h3-10,17,20H,11-12,18H2,1-2H3. The highest BCUT2D eigenvalue weighted by molar-refractivity contribution is 5.47. The van der Waals surface area contributed by atoms with Crippen LogP contribution in [0.3, 0.4) is 0 Å². The minimum absolute atomic E-state index is 0.558. The zero-order valence-electron chi connectivity index (χ0n) is 12.1. The predicted molar refractivity (Wildman–Crippen MR) is 83.3 cm³/mol. The average Bonchev–Trinajstić information content (AvgIpc) is 2.41. The zero-order valence-corrected chi connectivity index (χ0v) is 12.1. The lowest BCUT2D eigenvalue weighted by atomic mass is 10.1. The maximum atomic E-state index is 10.3. The lowest BCUT2D eigenvalue weighted by molar-refractivity contribution is 0.124. The van der Waals surface area contributed by atoms with Crippen molar-refractivity contribution in [3.8, 4) is 0 Å². The first kappa shape index (κ1) is 14.6. The molecule has 0 aromatic heterocycles. The third-order valence-electron chi connectivity index (χ3n) is 3.54. The molecular weight excluding hydrogens is 248 g/mol. The van der Waals surface area contributed by atoms with Gasteiger partial charge in [-0.2, -0.15) is 0 Å². The first-order chi connectivity index (χ1) is 9.58. The average molecular weight is 270 g/mol. The summed E-state index contributed by atoms with van der Waals surface area (Å²) in [5.41, 5.74) is 9.89. The molecule has 0 amide bonds. The Morgan fingerprint density at radius 3 is 2.45 bits per heavy atom. The van der Waals surface area contributed by atoms with Gasteiger partial charge in [0.1, 0.15) is 0 Å². The Bertz CT molecular complexity index is 568. The molecule has 3 nitrogen and oxygen atoms in total. The number of likely N-dealkylation sites (N-methyl/N-ethyl adjacent to an activating group) is 1. The Kier molecular flexibility index (Phi) is 4.77. The molecule has 0 saturated carbocycles. The van der Waals surface area contributed by atoms with Gasteiger partial charge in [-0.25, -0.2) is 0 Å². The van der Waals surface area contributed by atoms with Gasteiger partial charge in [-0.15, -0.1) is 0 Å². The van der Waals surface area contributed by atoms with E-state index in [1.165, 1.54) is 11.1 Å². The maximum absolute atomic E-state index is 10.3. The maximum Gasteiger partial charge on any atom is 0.0936 e. The minimum atomic E-state index is -0.565. The second-order valence-corrected chi connectivity index (χ2v) is 5.27. The molecule has 0 bridgehead atoms. The van der Waals surface area contributed by atoms with Gasteiger partial charge < -0.3 is 10.8 Å². The number of hydrogen-bond donors (Lipinski definition) is 2. The Morgan fingerprint density at radius 1 is 1.10 bits per heavy atom. The molecule has 2 aromatic rings. The van der Waals surface area contributed by atoms with Gasteiger partial charge in [0.25, 0.3) is 0 Å². The Morgan fingerprint density at radius 2 is 1.75 bits per heavy atom. The molecule has 0 fully saturated rings. The molecule has 0 spiro atoms. The van der Waals surface area contributed by atoms with Crippen molar-refractivity contribution >= 4 is 5.69 Å². The van der Waals surface area contributed by atoms with Gasteiger partial charge in [0, 0.05) is 24.3 Å². The molecule has 3 heteroatoms. The lowest BCUT2D eigenvalue weighted by Crippen LogP contribution is -2.25. The van der Waals surface area contributed by atoms with E-state index in [-0.39, 0.29) is 0 Å². The van der Waals surface area contributed by atoms with E-state index in [2.05, 4.69) is 24.0 Å². The molecule has 0 saturated heterocycles. The number of nitrogens with two attached hydrogens (primary N) is 1. The molecule has 1 unspecified atom stereocenters. The SMILES string of the molecule is Cc1ccccc1CN(C)CC(O)c1ccccc1N. The van der Waals surface area contributed by atoms with Crippen LogP contribution in [0.2, 0.25) is 0 Å². The number of aliphatic hydroxyl groups is 1. The molecule has 0 radical (unpaired) electrons. The summed E-state index contributed by atoms with van der Waals surface area (Å²) >= 11 is 0. The lowest BCUT2D eigenvalue weighted by Gasteiger charge is -2.22. The van der Waals surface area contributed by atoms with E-state index in [4.69, 9.17) is 5.73 Å². The summed E-state index contributed by atoms with van der Waals surface area (Å²) in [7, 11) is 2.01. The van der Waals surface area contributed by atoms with Crippen LogP contribution in [0.25, 0.3) is 0 Å². The summed E-state index contributed by atoms with van der Waals surface area (Å²) in [6, 6.07) is 15.8. The van der Waals surface area contributed by atoms with Crippen molar-refractivity contribution in [3.05, 3.63) is 65.2 Å². The van der Waals surface area contributed by atoms with Gasteiger partial charge in [0.05, 0.1) is 6.10 Å². The molecule has 0 aliphatic carbocycles. The van der Waals surface area contributed by atoms with Crippen LogP contribution in [0.5, 0.6) is 0 Å². The third kappa shape index (κ3) is 3.59. The number of hydrogen-bond acceptors (Lipinski definition) is 3. The van der Waals surface area contributed by atoms with Gasteiger partial charge in [-0.05, 0) is 31.2 Å². The van der Waals surface area contributed by atoms with Crippen molar-refractivity contribution in [1.82, 2.24) is 4.90 Å². The first-order valence-electron chi connectivity index (χ1n) is 6.83. The molecule has 0 aliphatic heterocycles. The highest BCUT2D eigenvalue weighted by Gasteiger charge is 2.13. The van der Waals surface area contributed by atoms with Crippen molar-refractivity contribution in [2.24, 2.45) is 0 Å². The fourth-order valence-corrected chi connectivity index (χ4v) is 2.35. The van der Waals surface area contributed by atoms with Crippen molar-refractivity contribution in [2.75, 3.05) is 19.3 Å². The predicted octanol–water partition coefficient (Wildman–Crippen LogP) is 2.74. The molecule has 0 aliphatic rings. The van der Waals surface area contributed by atoms with E-state index in [0.717, 1.165) is 12.1 Å². The molecule has 106 valence electrons. The van der Waals surface area contributed by atoms with Crippen LogP contribution in [0.1, 0.15) is 22.8 Å². The van der Waals surface area contributed by atoms with Gasteiger partial charge in [0.15, 0.2) is 0 Å². The Labute approximate surface area is 120 Å². The monoisotopic (exact) mass is 270 g/mol. The molecular formula is C17H22N2O. The number of nitrogens with zero attached hydrogens (tertiary/aromatic N) is 1. The van der Waals surface area contributed by atoms with E-state index in [0.29, 0.717) is 12.2 Å². The summed E-state index contributed by atoms with van der Waals surface area (Å²) in [4.78, 5) is 2.11. The Balaban J connectivity index is 2.00. The van der Waals surface area contributed by atoms with E-state index in [9.17, 15) is 5.11 Å². The van der Waals surface area contributed by atoms with Crippen LogP contribution in [-0.4, -0.2) is 23.6 Å². The second-order valence-electron chi connectivity index (χ2n) is 5.27. The molecule has 1 atom stereocenters. The summed E-state index contributed by atoms with van der Waals surface area (Å²) in [5.74, 6) is 0. The van der Waals surface area contributed by atoms with Crippen LogP contribution < -0.4 is 5.73 Å². The number of nitrogen functional groups attached to an aromatic ring is 1. The highest BCUT2D eigenvalue weighted by Crippen LogP contribution is 2.21. The highest BCUT2D eigenvalue weighted by atomic mass is 16.3. The number of para-hydroxylation sites is 1. The second kappa shape index (κ2) is 6.55. The van der Waals surface area contributed by atoms with Crippen LogP contribution in [0, 0.1) is 6.92 Å². The topological polar surface area (TPSA) is 49.5 Å². The molecule has 2 rings (SSSR count). The number of aliphatic hydroxyl groups excluding tert-OH is 1. The van der Waals surface area contributed by atoms with Crippen molar-refractivity contribution in [3.63, 3.8) is 0 Å². The van der Waals surface area contributed by atoms with E-state index in [1.807, 2.05) is 43.4 Å². The van der Waals surface area contributed by atoms with Gasteiger partial charge in [-0.1, -0.05) is 42.5 Å². The number of benzene rings is 2. The summed E-state index contributed by atoms with van der Waals surface area (Å²) in [6.07, 6.45) is -0.565. The largest absolute Gasteiger partial charge is 0.398 e. The summed E-state index contributed by atoms with van der Waals surface area (Å²) in [5, 5.41) is 10.3. The van der Waals surface area contributed by atoms with Crippen LogP contribution in [0.15, 0.2) is 48.5 Å². The zero-order chi connectivity index (χ0) is 14.5. The van der Waals surface area contributed by atoms with Crippen LogP contribution in [0.4, 0.5) is 5.69 Å². The Hall–Kier alpha value is -1.84. The molecule has 3 N–H and O–H groups in total. The normalized spacial score (nSPS) is 12.6. The smallest absolute Gasteiger partial charge is 0.0936 e. The van der Waals surface area contributed by atoms with Crippen molar-refractivity contribution < 1.29 is 5.11 Å². The molecule has 20 heavy (non-hydrogen) atoms. The van der Waals surface area contributed by atoms with Crippen molar-refractivity contribution in [1.29, 1.82) is 0 Å². The quantitative estimate of drug-likeness (QED) is 0.821. The van der Waals surface area contributed by atoms with Crippen LogP contribution in [-0.2, 0) is 6.54 Å². The van der Waals surface area contributed by atoms with Gasteiger partial charge in [0.2, 0.25) is 0 Å². The van der Waals surface area contributed by atoms with E-state index < -0.39 is 6.10 Å². The molecule has 0 heterocycles. The third-order valence-corrected chi connectivity index (χ3v) is 3.54. The van der Waals surface area contributed by atoms with E-state index >= 15 is 0 Å². The van der Waals surface area contributed by atoms with E-state index in [1.54, 1.807) is 0 Å². The number of anilines is 1. The van der Waals surface area contributed by atoms with Crippen molar-refractivity contribution in [2.45, 2.75) is 19.6 Å². The summed E-state index contributed by atoms with van der Waals surface area (Å²) < 4.78 is 0. The van der Waals surface area contributed by atoms with Gasteiger partial charge in [-0.3, -0.25) is 4.90 Å². The van der Waals surface area contributed by atoms with Gasteiger partial charge >= 0.3 is 0 Å². The number of rotatable bonds is 5. The fraction of sp³-hybridized carbons (Fsp3) is 0.294.